The molecule has 1 aliphatic heterocycles. The van der Waals surface area contributed by atoms with Gasteiger partial charge in [-0.3, -0.25) is 9.69 Å². The number of fused-ring (bicyclic) bond motifs is 1. The minimum atomic E-state index is 0.0546. The Morgan fingerprint density at radius 3 is 2.47 bits per heavy atom. The molecule has 0 saturated heterocycles. The van der Waals surface area contributed by atoms with Crippen LogP contribution in [0.3, 0.4) is 0 Å². The van der Waals surface area contributed by atoms with E-state index in [1.807, 2.05) is 6.07 Å². The van der Waals surface area contributed by atoms with Crippen molar-refractivity contribution in [1.29, 1.82) is 0 Å². The van der Waals surface area contributed by atoms with Gasteiger partial charge in [-0.25, -0.2) is 0 Å². The number of carbonyl (C=O) groups is 1. The van der Waals surface area contributed by atoms with Crippen LogP contribution in [0, 0.1) is 5.92 Å². The van der Waals surface area contributed by atoms with Crippen molar-refractivity contribution in [2.24, 2.45) is 5.92 Å². The van der Waals surface area contributed by atoms with Gasteiger partial charge in [0.05, 0.1) is 20.3 Å². The predicted octanol–water partition coefficient (Wildman–Crippen LogP) is 4.11. The lowest BCUT2D eigenvalue weighted by Gasteiger charge is -2.42. The molecule has 5 nitrogen and oxygen atoms in total. The molecule has 1 aliphatic carbocycles. The van der Waals surface area contributed by atoms with Crippen LogP contribution in [0.2, 0.25) is 0 Å². The Balaban J connectivity index is 1.71. The topological polar surface area (TPSA) is 50.8 Å². The number of nitrogens with one attached hydrogen (secondary N) is 1. The molecule has 30 heavy (non-hydrogen) atoms. The first-order chi connectivity index (χ1) is 14.6. The Morgan fingerprint density at radius 1 is 1.13 bits per heavy atom. The minimum absolute atomic E-state index is 0.0546. The van der Waals surface area contributed by atoms with Crippen LogP contribution in [0.5, 0.6) is 11.5 Å². The van der Waals surface area contributed by atoms with E-state index in [9.17, 15) is 4.79 Å². The number of hydrogen-bond acceptors (Lipinski definition) is 4. The summed E-state index contributed by atoms with van der Waals surface area (Å²) in [5.74, 6) is 1.91. The molecule has 0 bridgehead atoms. The van der Waals surface area contributed by atoms with E-state index in [1.54, 1.807) is 14.2 Å². The number of nitrogens with zero attached hydrogens (tertiary/aromatic N) is 1. The molecule has 1 heterocycles. The van der Waals surface area contributed by atoms with Gasteiger partial charge < -0.3 is 14.8 Å². The van der Waals surface area contributed by atoms with Crippen molar-refractivity contribution in [3.63, 3.8) is 0 Å². The van der Waals surface area contributed by atoms with Crippen molar-refractivity contribution in [3.05, 3.63) is 59.2 Å². The second kappa shape index (κ2) is 9.09. The average molecular weight is 409 g/mol. The molecule has 0 spiro atoms. The van der Waals surface area contributed by atoms with Gasteiger partial charge in [-0.05, 0) is 54.5 Å². The normalized spacial score (nSPS) is 19.6. The second-order valence-electron chi connectivity index (χ2n) is 8.35. The molecule has 1 fully saturated rings. The lowest BCUT2D eigenvalue weighted by molar-refractivity contribution is -0.123. The molecule has 1 N–H and O–H groups in total. The zero-order chi connectivity index (χ0) is 21.1. The summed E-state index contributed by atoms with van der Waals surface area (Å²) in [6.45, 7) is 3.96. The number of carbonyl (C=O) groups excluding carboxylic acids is 1. The summed E-state index contributed by atoms with van der Waals surface area (Å²) < 4.78 is 11.2. The van der Waals surface area contributed by atoms with E-state index < -0.39 is 0 Å². The number of methoxy groups -OCH3 is 2. The molecular formula is C25H32N2O3. The van der Waals surface area contributed by atoms with E-state index in [-0.39, 0.29) is 23.9 Å². The first-order valence-corrected chi connectivity index (χ1v) is 11.0. The molecular weight excluding hydrogens is 376 g/mol. The van der Waals surface area contributed by atoms with Crippen LogP contribution in [0.1, 0.15) is 48.9 Å². The van der Waals surface area contributed by atoms with Gasteiger partial charge in [0.15, 0.2) is 11.5 Å². The van der Waals surface area contributed by atoms with Crippen molar-refractivity contribution in [1.82, 2.24) is 10.2 Å². The molecule has 2 atom stereocenters. The van der Waals surface area contributed by atoms with Crippen LogP contribution < -0.4 is 14.8 Å². The van der Waals surface area contributed by atoms with E-state index in [0.717, 1.165) is 50.3 Å². The fraction of sp³-hybridized carbons (Fsp3) is 0.480. The number of rotatable bonds is 8. The van der Waals surface area contributed by atoms with Gasteiger partial charge in [0.2, 0.25) is 5.91 Å². The SMILES string of the molecule is CCC(NC(=O)C1CC1)C1c2cc(OC)c(OC)cc2CCN1Cc1ccccc1. The summed E-state index contributed by atoms with van der Waals surface area (Å²) in [4.78, 5) is 15.1. The highest BCUT2D eigenvalue weighted by Gasteiger charge is 2.37. The molecule has 2 unspecified atom stereocenters. The van der Waals surface area contributed by atoms with Gasteiger partial charge in [0.25, 0.3) is 0 Å². The standard InChI is InChI=1S/C25H32N2O3/c1-4-21(26-25(28)18-10-11-18)24-20-15-23(30-3)22(29-2)14-19(20)12-13-27(24)16-17-8-6-5-7-9-17/h5-9,14-15,18,21,24H,4,10-13,16H2,1-3H3,(H,26,28). The monoisotopic (exact) mass is 408 g/mol. The molecule has 5 heteroatoms. The van der Waals surface area contributed by atoms with Gasteiger partial charge >= 0.3 is 0 Å². The van der Waals surface area contributed by atoms with E-state index in [4.69, 9.17) is 9.47 Å². The summed E-state index contributed by atoms with van der Waals surface area (Å²) in [5, 5.41) is 3.37. The minimum Gasteiger partial charge on any atom is -0.493 e. The number of hydrogen-bond donors (Lipinski definition) is 1. The lowest BCUT2D eigenvalue weighted by Crippen LogP contribution is -2.48. The first kappa shape index (κ1) is 20.7. The Morgan fingerprint density at radius 2 is 1.83 bits per heavy atom. The predicted molar refractivity (Wildman–Crippen MR) is 118 cm³/mol. The molecule has 1 saturated carbocycles. The highest BCUT2D eigenvalue weighted by molar-refractivity contribution is 5.81. The Kier molecular flexibility index (Phi) is 6.28. The number of benzene rings is 2. The van der Waals surface area contributed by atoms with Crippen LogP contribution in [0.4, 0.5) is 0 Å². The molecule has 0 radical (unpaired) electrons. The van der Waals surface area contributed by atoms with Crippen molar-refractivity contribution in [2.75, 3.05) is 20.8 Å². The summed E-state index contributed by atoms with van der Waals surface area (Å²) in [7, 11) is 3.35. The number of amides is 1. The van der Waals surface area contributed by atoms with Crippen molar-refractivity contribution in [3.8, 4) is 11.5 Å². The zero-order valence-corrected chi connectivity index (χ0v) is 18.2. The van der Waals surface area contributed by atoms with Crippen molar-refractivity contribution >= 4 is 5.91 Å². The van der Waals surface area contributed by atoms with Crippen molar-refractivity contribution in [2.45, 2.75) is 51.2 Å². The largest absolute Gasteiger partial charge is 0.493 e. The van der Waals surface area contributed by atoms with E-state index in [2.05, 4.69) is 53.5 Å². The fourth-order valence-corrected chi connectivity index (χ4v) is 4.55. The van der Waals surface area contributed by atoms with Crippen LogP contribution in [0.25, 0.3) is 0 Å². The maximum Gasteiger partial charge on any atom is 0.223 e. The van der Waals surface area contributed by atoms with Gasteiger partial charge in [-0.1, -0.05) is 37.3 Å². The zero-order valence-electron chi connectivity index (χ0n) is 18.2. The maximum absolute atomic E-state index is 12.6. The smallest absolute Gasteiger partial charge is 0.223 e. The Bertz CT molecular complexity index is 879. The quantitative estimate of drug-likeness (QED) is 0.714. The highest BCUT2D eigenvalue weighted by atomic mass is 16.5. The number of ether oxygens (including phenoxy) is 2. The van der Waals surface area contributed by atoms with E-state index in [0.29, 0.717) is 0 Å². The van der Waals surface area contributed by atoms with Gasteiger partial charge in [-0.2, -0.15) is 0 Å². The third-order valence-electron chi connectivity index (χ3n) is 6.35. The van der Waals surface area contributed by atoms with Crippen LogP contribution in [-0.2, 0) is 17.8 Å². The molecule has 2 aromatic rings. The molecule has 2 aromatic carbocycles. The van der Waals surface area contributed by atoms with E-state index in [1.165, 1.54) is 16.7 Å². The van der Waals surface area contributed by atoms with E-state index >= 15 is 0 Å². The first-order valence-electron chi connectivity index (χ1n) is 11.0. The Hall–Kier alpha value is -2.53. The summed E-state index contributed by atoms with van der Waals surface area (Å²) in [5.41, 5.74) is 3.80. The van der Waals surface area contributed by atoms with Crippen LogP contribution in [-0.4, -0.2) is 37.6 Å². The van der Waals surface area contributed by atoms with Crippen molar-refractivity contribution < 1.29 is 14.3 Å². The Labute approximate surface area is 179 Å². The van der Waals surface area contributed by atoms with Gasteiger partial charge in [-0.15, -0.1) is 0 Å². The average Bonchev–Trinajstić information content (AvgIpc) is 3.63. The van der Waals surface area contributed by atoms with Crippen LogP contribution >= 0.6 is 0 Å². The van der Waals surface area contributed by atoms with Gasteiger partial charge in [0, 0.05) is 25.0 Å². The molecule has 4 rings (SSSR count). The van der Waals surface area contributed by atoms with Crippen LogP contribution in [0.15, 0.2) is 42.5 Å². The molecule has 0 aromatic heterocycles. The molecule has 160 valence electrons. The third kappa shape index (κ3) is 4.31. The molecule has 2 aliphatic rings. The lowest BCUT2D eigenvalue weighted by atomic mass is 9.86. The summed E-state index contributed by atoms with van der Waals surface area (Å²) in [6.07, 6.45) is 3.86. The fourth-order valence-electron chi connectivity index (χ4n) is 4.55. The maximum atomic E-state index is 12.6. The summed E-state index contributed by atoms with van der Waals surface area (Å²) >= 11 is 0. The highest BCUT2D eigenvalue weighted by Crippen LogP contribution is 2.41. The van der Waals surface area contributed by atoms with Gasteiger partial charge in [0.1, 0.15) is 0 Å². The molecule has 1 amide bonds. The second-order valence-corrected chi connectivity index (χ2v) is 8.35. The third-order valence-corrected chi connectivity index (χ3v) is 6.35. The summed E-state index contributed by atoms with van der Waals surface area (Å²) in [6, 6.07) is 14.9.